The lowest BCUT2D eigenvalue weighted by Gasteiger charge is -2.27. The van der Waals surface area contributed by atoms with Gasteiger partial charge in [0.25, 0.3) is 0 Å². The maximum Gasteiger partial charge on any atom is 0.416 e. The van der Waals surface area contributed by atoms with Crippen molar-refractivity contribution in [3.8, 4) is 0 Å². The van der Waals surface area contributed by atoms with Gasteiger partial charge in [-0.1, -0.05) is 74.5 Å². The zero-order valence-electron chi connectivity index (χ0n) is 72.7. The first-order valence-electron chi connectivity index (χ1n) is 40.5. The summed E-state index contributed by atoms with van der Waals surface area (Å²) in [7, 11) is 7.21. The van der Waals surface area contributed by atoms with E-state index in [1.807, 2.05) is 86.7 Å². The quantitative estimate of drug-likeness (QED) is 0.0273. The minimum absolute atomic E-state index is 0.0275. The van der Waals surface area contributed by atoms with Crippen molar-refractivity contribution < 1.29 is 138 Å². The number of alkyl halides is 12. The molecule has 0 spiro atoms. The molecule has 6 atom stereocenters. The number of rotatable bonds is 14. The van der Waals surface area contributed by atoms with Gasteiger partial charge in [0.05, 0.1) is 124 Å². The van der Waals surface area contributed by atoms with E-state index in [1.54, 1.807) is 38.1 Å². The highest BCUT2D eigenvalue weighted by Crippen LogP contribution is 2.44. The molecule has 0 aliphatic carbocycles. The van der Waals surface area contributed by atoms with E-state index >= 15 is 0 Å². The van der Waals surface area contributed by atoms with Gasteiger partial charge in [-0.15, -0.1) is 0 Å². The number of amides is 6. The van der Waals surface area contributed by atoms with Crippen LogP contribution in [0.1, 0.15) is 119 Å². The molecule has 0 saturated heterocycles. The van der Waals surface area contributed by atoms with Crippen molar-refractivity contribution in [2.45, 2.75) is 101 Å². The Labute approximate surface area is 757 Å². The highest BCUT2D eigenvalue weighted by Gasteiger charge is 2.39. The van der Waals surface area contributed by atoms with Gasteiger partial charge in [0.15, 0.2) is 0 Å². The molecule has 42 heteroatoms. The minimum Gasteiger partial charge on any atom is -0.464 e. The van der Waals surface area contributed by atoms with Crippen molar-refractivity contribution in [1.29, 1.82) is 0 Å². The lowest BCUT2D eigenvalue weighted by Crippen LogP contribution is -2.35. The van der Waals surface area contributed by atoms with E-state index < -0.39 is 108 Å². The molecule has 0 saturated carbocycles. The SMILES string of the molecule is CCOC(=O)[C@@H]1C=C(NC(=O)OC)c2cc(C(F)(F)F)ccc2N1.CCOC(=O)[C@H]1C=C(NC(=O)OC)c2cc(C(F)(F)F)ccc2N1.CC[C@@H]1C=C(NC(=O)OC)c2cc(F)ccc2N1.CC[C@H]1C=C(NC(=O)OC)c2cc(F)ccc2N1.COC(=O)NC1=C[C@@H](c2ccccc2)Nc2ccc(C(F)(F)F)cc21.COC(=O)NC1=C[C@H](c2ccccc2)Nc2ccc(C(F)(F)F)cc21. The zero-order valence-corrected chi connectivity index (χ0v) is 72.7. The van der Waals surface area contributed by atoms with Gasteiger partial charge >= 0.3 is 73.2 Å². The fourth-order valence-corrected chi connectivity index (χ4v) is 13.4. The van der Waals surface area contributed by atoms with E-state index in [-0.39, 0.29) is 105 Å². The average molecular weight is 1890 g/mol. The molecule has 134 heavy (non-hydrogen) atoms. The normalized spacial score (nSPS) is 16.6. The highest BCUT2D eigenvalue weighted by atomic mass is 19.4. The Morgan fingerprint density at radius 1 is 0.291 bits per heavy atom. The Balaban J connectivity index is 0.000000181. The Morgan fingerprint density at radius 3 is 0.769 bits per heavy atom. The molecule has 8 aromatic rings. The number of carbonyl (C=O) groups is 8. The first kappa shape index (κ1) is 102. The van der Waals surface area contributed by atoms with Crippen molar-refractivity contribution in [3.63, 3.8) is 0 Å². The number of nitrogens with one attached hydrogen (secondary N) is 12. The second kappa shape index (κ2) is 45.9. The van der Waals surface area contributed by atoms with Gasteiger partial charge in [0.1, 0.15) is 23.7 Å². The molecular formula is C92H90F14N12O16. The van der Waals surface area contributed by atoms with E-state index in [1.165, 1.54) is 89.1 Å². The number of hydrogen-bond acceptors (Lipinski definition) is 22. The Morgan fingerprint density at radius 2 is 0.522 bits per heavy atom. The molecule has 6 heterocycles. The predicted molar refractivity (Wildman–Crippen MR) is 469 cm³/mol. The molecule has 712 valence electrons. The largest absolute Gasteiger partial charge is 0.464 e. The van der Waals surface area contributed by atoms with E-state index in [0.29, 0.717) is 33.9 Å². The van der Waals surface area contributed by atoms with Crippen LogP contribution in [0.4, 0.5) is 124 Å². The number of carbonyl (C=O) groups excluding carboxylic acids is 8. The third-order valence-electron chi connectivity index (χ3n) is 19.9. The second-order valence-corrected chi connectivity index (χ2v) is 28.7. The molecule has 6 aliphatic heterocycles. The second-order valence-electron chi connectivity index (χ2n) is 28.7. The minimum atomic E-state index is -4.54. The molecule has 0 radical (unpaired) electrons. The van der Waals surface area contributed by atoms with Crippen LogP contribution in [0.2, 0.25) is 0 Å². The summed E-state index contributed by atoms with van der Waals surface area (Å²) in [6.45, 7) is 7.59. The first-order valence-corrected chi connectivity index (χ1v) is 40.5. The molecule has 12 N–H and O–H groups in total. The van der Waals surface area contributed by atoms with E-state index in [0.717, 1.165) is 98.1 Å². The van der Waals surface area contributed by atoms with E-state index in [4.69, 9.17) is 9.47 Å². The van der Waals surface area contributed by atoms with Gasteiger partial charge in [-0.25, -0.2) is 47.1 Å². The maximum absolute atomic E-state index is 13.3. The molecule has 14 rings (SSSR count). The van der Waals surface area contributed by atoms with Crippen LogP contribution in [0, 0.1) is 11.6 Å². The molecule has 6 amide bonds. The van der Waals surface area contributed by atoms with Gasteiger partial charge in [-0.2, -0.15) is 52.7 Å². The molecule has 8 aromatic carbocycles. The Kier molecular flexibility index (Phi) is 35.1. The van der Waals surface area contributed by atoms with Crippen LogP contribution in [-0.4, -0.2) is 129 Å². The average Bonchev–Trinajstić information content (AvgIpc) is 0.781. The van der Waals surface area contributed by atoms with Gasteiger partial charge in [-0.3, -0.25) is 31.9 Å². The van der Waals surface area contributed by atoms with Crippen molar-refractivity contribution >= 4 is 117 Å². The zero-order chi connectivity index (χ0) is 98.1. The summed E-state index contributed by atoms with van der Waals surface area (Å²) in [6, 6.07) is 38.0. The molecule has 0 aromatic heterocycles. The molecule has 0 fully saturated rings. The van der Waals surface area contributed by atoms with Gasteiger partial charge < -0.3 is 69.8 Å². The van der Waals surface area contributed by atoms with Crippen molar-refractivity contribution in [3.05, 3.63) is 285 Å². The number of ether oxygens (including phenoxy) is 8. The molecule has 0 unspecified atom stereocenters. The van der Waals surface area contributed by atoms with Crippen LogP contribution in [0.25, 0.3) is 34.2 Å². The molecule has 28 nitrogen and oxygen atoms in total. The summed E-state index contributed by atoms with van der Waals surface area (Å²) in [5.41, 5.74) is 5.30. The summed E-state index contributed by atoms with van der Waals surface area (Å²) in [6.07, 6.45) is -11.0. The summed E-state index contributed by atoms with van der Waals surface area (Å²) >= 11 is 0. The summed E-state index contributed by atoms with van der Waals surface area (Å²) in [5, 5.41) is 33.3. The Bertz CT molecular complexity index is 5440. The molecule has 6 aliphatic rings. The van der Waals surface area contributed by atoms with Crippen LogP contribution < -0.4 is 63.8 Å². The smallest absolute Gasteiger partial charge is 0.416 e. The van der Waals surface area contributed by atoms with Gasteiger partial charge in [-0.05, 0) is 183 Å². The third-order valence-corrected chi connectivity index (χ3v) is 19.9. The molecular weight excluding hydrogens is 1800 g/mol. The van der Waals surface area contributed by atoms with Crippen LogP contribution >= 0.6 is 0 Å². The van der Waals surface area contributed by atoms with Gasteiger partial charge in [0.2, 0.25) is 0 Å². The van der Waals surface area contributed by atoms with E-state index in [9.17, 15) is 99.8 Å². The maximum atomic E-state index is 13.3. The van der Waals surface area contributed by atoms with Crippen LogP contribution in [0.15, 0.2) is 206 Å². The van der Waals surface area contributed by atoms with Crippen LogP contribution in [0.3, 0.4) is 0 Å². The van der Waals surface area contributed by atoms with Gasteiger partial charge in [0, 0.05) is 79.6 Å². The Hall–Kier alpha value is -15.4. The van der Waals surface area contributed by atoms with E-state index in [2.05, 4.69) is 92.2 Å². The molecule has 0 bridgehead atoms. The summed E-state index contributed by atoms with van der Waals surface area (Å²) in [4.78, 5) is 92.4. The summed E-state index contributed by atoms with van der Waals surface area (Å²) < 4.78 is 219. The van der Waals surface area contributed by atoms with Crippen molar-refractivity contribution in [2.75, 3.05) is 87.8 Å². The fraction of sp³-hybridized carbons (Fsp3) is 0.261. The number of halogens is 14. The monoisotopic (exact) mass is 1880 g/mol. The lowest BCUT2D eigenvalue weighted by atomic mass is 9.96. The standard InChI is InChI=1S/2C18H15F3N2O2.2C15H15F3N2O4.2C13H15FN2O2/c2*1-25-17(24)23-16-10-15(11-5-3-2-4-6-11)22-14-8-7-12(9-13(14)16)18(19,20)21;2*1-3-24-13(21)12-7-11(20-14(22)23-2)9-6-8(15(16,17)18)4-5-10(9)19-12;2*1-3-9-7-12(16-13(17)18-2)10-6-8(14)4-5-11(10)15-9/h2*2-10,15,22H,1H3,(H,23,24);2*4-7,12,19H,3H2,1-2H3,(H,20,22);2*4-7,9,15H,3H2,1-2H3,(H,16,17)/t2*15-;2*12-;2*9-/m101010/s1. The van der Waals surface area contributed by atoms with Crippen molar-refractivity contribution in [2.24, 2.45) is 0 Å². The third kappa shape index (κ3) is 27.8. The topological polar surface area (TPSA) is 355 Å². The fourth-order valence-electron chi connectivity index (χ4n) is 13.4. The number of fused-ring (bicyclic) bond motifs is 6. The number of benzene rings is 8. The predicted octanol–water partition coefficient (Wildman–Crippen LogP) is 20.1. The number of alkyl carbamates (subject to hydrolysis) is 6. The number of esters is 2. The van der Waals surface area contributed by atoms with Crippen molar-refractivity contribution in [1.82, 2.24) is 31.9 Å². The highest BCUT2D eigenvalue weighted by molar-refractivity contribution is 5.97. The van der Waals surface area contributed by atoms with Crippen LogP contribution in [0.5, 0.6) is 0 Å². The lowest BCUT2D eigenvalue weighted by molar-refractivity contribution is -0.143. The number of methoxy groups -OCH3 is 6. The number of hydrogen-bond donors (Lipinski definition) is 12. The van der Waals surface area contributed by atoms with Crippen LogP contribution in [-0.2, 0) is 72.2 Å². The summed E-state index contributed by atoms with van der Waals surface area (Å²) in [5.74, 6) is -1.93. The number of anilines is 6. The first-order chi connectivity index (χ1) is 63.5.